The van der Waals surface area contributed by atoms with Gasteiger partial charge in [0, 0.05) is 36.2 Å². The van der Waals surface area contributed by atoms with E-state index in [9.17, 15) is 4.79 Å². The number of hydrogen-bond acceptors (Lipinski definition) is 5. The Kier molecular flexibility index (Phi) is 5.42. The van der Waals surface area contributed by atoms with Gasteiger partial charge in [-0.2, -0.15) is 0 Å². The fraction of sp³-hybridized carbons (Fsp3) is 0.261. The fourth-order valence-corrected chi connectivity index (χ4v) is 3.67. The second-order valence-electron chi connectivity index (χ2n) is 7.49. The maximum Gasteiger partial charge on any atom is 0.274 e. The van der Waals surface area contributed by atoms with E-state index in [1.165, 1.54) is 24.9 Å². The number of nitrogens with zero attached hydrogens (tertiary/aromatic N) is 3. The predicted molar refractivity (Wildman–Crippen MR) is 117 cm³/mol. The number of aryl methyl sites for hydroxylation is 2. The third-order valence-corrected chi connectivity index (χ3v) is 4.99. The lowest BCUT2D eigenvalue weighted by Crippen LogP contribution is -2.17. The Labute approximate surface area is 171 Å². The zero-order chi connectivity index (χ0) is 20.2. The van der Waals surface area contributed by atoms with Gasteiger partial charge in [0.05, 0.1) is 0 Å². The maximum absolute atomic E-state index is 12.6. The smallest absolute Gasteiger partial charge is 0.274 e. The summed E-state index contributed by atoms with van der Waals surface area (Å²) in [6.07, 6.45) is 3.92. The number of rotatable bonds is 5. The lowest BCUT2D eigenvalue weighted by molar-refractivity contribution is 0.102. The fourth-order valence-electron chi connectivity index (χ4n) is 3.67. The summed E-state index contributed by atoms with van der Waals surface area (Å²) < 4.78 is 0. The summed E-state index contributed by atoms with van der Waals surface area (Å²) in [4.78, 5) is 23.3. The van der Waals surface area contributed by atoms with Crippen LogP contribution >= 0.6 is 0 Å². The van der Waals surface area contributed by atoms with Crippen molar-refractivity contribution in [3.05, 3.63) is 71.7 Å². The van der Waals surface area contributed by atoms with Gasteiger partial charge in [0.25, 0.3) is 5.91 Å². The Bertz CT molecular complexity index is 990. The van der Waals surface area contributed by atoms with Crippen molar-refractivity contribution in [3.63, 3.8) is 0 Å². The maximum atomic E-state index is 12.6. The van der Waals surface area contributed by atoms with Crippen LogP contribution < -0.4 is 15.5 Å². The molecule has 1 aromatic heterocycles. The molecule has 0 saturated carbocycles. The van der Waals surface area contributed by atoms with Crippen molar-refractivity contribution >= 4 is 28.8 Å². The highest BCUT2D eigenvalue weighted by molar-refractivity contribution is 6.03. The molecule has 3 aromatic rings. The van der Waals surface area contributed by atoms with Crippen LogP contribution in [0.15, 0.2) is 54.9 Å². The molecular weight excluding hydrogens is 362 g/mol. The van der Waals surface area contributed by atoms with E-state index in [2.05, 4.69) is 43.7 Å². The van der Waals surface area contributed by atoms with E-state index in [0.29, 0.717) is 11.5 Å². The molecule has 0 spiro atoms. The number of hydrogen-bond donors (Lipinski definition) is 2. The zero-order valence-electron chi connectivity index (χ0n) is 16.8. The van der Waals surface area contributed by atoms with Crippen LogP contribution in [-0.2, 0) is 0 Å². The Morgan fingerprint density at radius 2 is 1.59 bits per heavy atom. The highest BCUT2D eigenvalue weighted by Gasteiger charge is 2.13. The van der Waals surface area contributed by atoms with Gasteiger partial charge in [-0.05, 0) is 74.2 Å². The minimum absolute atomic E-state index is 0.259. The Morgan fingerprint density at radius 3 is 2.28 bits per heavy atom. The minimum Gasteiger partial charge on any atom is -0.372 e. The van der Waals surface area contributed by atoms with Crippen molar-refractivity contribution in [2.45, 2.75) is 26.7 Å². The van der Waals surface area contributed by atoms with Gasteiger partial charge < -0.3 is 15.5 Å². The first kappa shape index (κ1) is 18.9. The van der Waals surface area contributed by atoms with Crippen molar-refractivity contribution in [3.8, 4) is 0 Å². The Morgan fingerprint density at radius 1 is 0.897 bits per heavy atom. The van der Waals surface area contributed by atoms with Crippen molar-refractivity contribution in [2.75, 3.05) is 28.6 Å². The number of anilines is 4. The summed E-state index contributed by atoms with van der Waals surface area (Å²) >= 11 is 0. The Hall–Kier alpha value is -3.41. The van der Waals surface area contributed by atoms with E-state index < -0.39 is 0 Å². The summed E-state index contributed by atoms with van der Waals surface area (Å²) in [6, 6.07) is 15.9. The summed E-state index contributed by atoms with van der Waals surface area (Å²) in [5.41, 5.74) is 5.44. The van der Waals surface area contributed by atoms with Crippen LogP contribution in [0.4, 0.5) is 22.9 Å². The molecular formula is C23H25N5O. The highest BCUT2D eigenvalue weighted by Crippen LogP contribution is 2.23. The van der Waals surface area contributed by atoms with E-state index in [-0.39, 0.29) is 5.91 Å². The van der Waals surface area contributed by atoms with Gasteiger partial charge in [-0.15, -0.1) is 0 Å². The average Bonchev–Trinajstić information content (AvgIpc) is 3.23. The number of carbonyl (C=O) groups is 1. The van der Waals surface area contributed by atoms with Crippen molar-refractivity contribution in [2.24, 2.45) is 0 Å². The molecule has 1 aliphatic rings. The minimum atomic E-state index is -0.259. The summed E-state index contributed by atoms with van der Waals surface area (Å²) in [7, 11) is 0. The third kappa shape index (κ3) is 4.71. The molecule has 2 heterocycles. The molecule has 29 heavy (non-hydrogen) atoms. The molecule has 0 unspecified atom stereocenters. The normalized spacial score (nSPS) is 13.4. The van der Waals surface area contributed by atoms with Gasteiger partial charge in [0.1, 0.15) is 17.8 Å². The Balaban J connectivity index is 1.44. The molecule has 1 fully saturated rings. The lowest BCUT2D eigenvalue weighted by Gasteiger charge is -2.17. The molecule has 2 N–H and O–H groups in total. The van der Waals surface area contributed by atoms with Gasteiger partial charge in [-0.1, -0.05) is 6.07 Å². The highest BCUT2D eigenvalue weighted by atomic mass is 16.1. The van der Waals surface area contributed by atoms with Crippen LogP contribution in [0.25, 0.3) is 0 Å². The monoisotopic (exact) mass is 387 g/mol. The topological polar surface area (TPSA) is 70.2 Å². The quantitative estimate of drug-likeness (QED) is 0.665. The van der Waals surface area contributed by atoms with Gasteiger partial charge in [-0.3, -0.25) is 4.79 Å². The molecule has 1 saturated heterocycles. The molecule has 0 aliphatic carbocycles. The van der Waals surface area contributed by atoms with Gasteiger partial charge in [-0.25, -0.2) is 9.97 Å². The van der Waals surface area contributed by atoms with E-state index in [1.54, 1.807) is 6.07 Å². The molecule has 6 nitrogen and oxygen atoms in total. The largest absolute Gasteiger partial charge is 0.372 e. The first-order valence-corrected chi connectivity index (χ1v) is 9.90. The van der Waals surface area contributed by atoms with Crippen LogP contribution in [-0.4, -0.2) is 29.0 Å². The first-order valence-electron chi connectivity index (χ1n) is 9.90. The SMILES string of the molecule is Cc1cc(C)cc(NC(=O)c2cc(Nc3ccc(N4CCCC4)cc3)ncn2)c1. The number of nitrogens with one attached hydrogen (secondary N) is 2. The molecule has 0 atom stereocenters. The summed E-state index contributed by atoms with van der Waals surface area (Å²) in [5.74, 6) is 0.323. The van der Waals surface area contributed by atoms with Gasteiger partial charge in [0.2, 0.25) is 0 Å². The van der Waals surface area contributed by atoms with E-state index in [0.717, 1.165) is 35.6 Å². The van der Waals surface area contributed by atoms with Gasteiger partial charge >= 0.3 is 0 Å². The molecule has 0 radical (unpaired) electrons. The molecule has 0 bridgehead atoms. The third-order valence-electron chi connectivity index (χ3n) is 4.99. The summed E-state index contributed by atoms with van der Waals surface area (Å²) in [5, 5.41) is 6.16. The van der Waals surface area contributed by atoms with E-state index in [1.807, 2.05) is 38.1 Å². The van der Waals surface area contributed by atoms with Crippen LogP contribution in [0.2, 0.25) is 0 Å². The van der Waals surface area contributed by atoms with Crippen molar-refractivity contribution < 1.29 is 4.79 Å². The first-order chi connectivity index (χ1) is 14.1. The molecule has 1 amide bonds. The molecule has 2 aromatic carbocycles. The van der Waals surface area contributed by atoms with Crippen LogP contribution in [0.5, 0.6) is 0 Å². The van der Waals surface area contributed by atoms with Gasteiger partial charge in [0.15, 0.2) is 0 Å². The van der Waals surface area contributed by atoms with Crippen molar-refractivity contribution in [1.29, 1.82) is 0 Å². The second-order valence-corrected chi connectivity index (χ2v) is 7.49. The second kappa shape index (κ2) is 8.31. The predicted octanol–water partition coefficient (Wildman–Crippen LogP) is 4.69. The summed E-state index contributed by atoms with van der Waals surface area (Å²) in [6.45, 7) is 6.25. The molecule has 4 rings (SSSR count). The standard InChI is InChI=1S/C23H25N5O/c1-16-11-17(2)13-19(12-16)27-23(29)21-14-22(25-15-24-21)26-18-5-7-20(8-6-18)28-9-3-4-10-28/h5-8,11-15H,3-4,9-10H2,1-2H3,(H,27,29)(H,24,25,26). The average molecular weight is 387 g/mol. The van der Waals surface area contributed by atoms with Crippen LogP contribution in [0.1, 0.15) is 34.5 Å². The molecule has 6 heteroatoms. The van der Waals surface area contributed by atoms with E-state index in [4.69, 9.17) is 0 Å². The zero-order valence-corrected chi connectivity index (χ0v) is 16.8. The van der Waals surface area contributed by atoms with Crippen LogP contribution in [0, 0.1) is 13.8 Å². The number of carbonyl (C=O) groups excluding carboxylic acids is 1. The lowest BCUT2D eigenvalue weighted by atomic mass is 10.1. The molecule has 1 aliphatic heterocycles. The number of aromatic nitrogens is 2. The van der Waals surface area contributed by atoms with Crippen LogP contribution in [0.3, 0.4) is 0 Å². The molecule has 148 valence electrons. The number of benzene rings is 2. The van der Waals surface area contributed by atoms with Crippen molar-refractivity contribution in [1.82, 2.24) is 9.97 Å². The van der Waals surface area contributed by atoms with E-state index >= 15 is 0 Å². The number of amides is 1.